The minimum atomic E-state index is -0.954. The van der Waals surface area contributed by atoms with Gasteiger partial charge in [-0.15, -0.1) is 0 Å². The Morgan fingerprint density at radius 1 is 1.30 bits per heavy atom. The van der Waals surface area contributed by atoms with E-state index in [2.05, 4.69) is 22.6 Å². The first kappa shape index (κ1) is 17.5. The van der Waals surface area contributed by atoms with Crippen LogP contribution in [0.1, 0.15) is 30.6 Å². The molecule has 110 valence electrons. The van der Waals surface area contributed by atoms with Gasteiger partial charge in [0.25, 0.3) is 5.91 Å². The maximum absolute atomic E-state index is 12.5. The van der Waals surface area contributed by atoms with Crippen LogP contribution < -0.4 is 0 Å². The number of carboxylic acids is 1. The van der Waals surface area contributed by atoms with Gasteiger partial charge in [-0.1, -0.05) is 0 Å². The molecule has 1 amide bonds. The molecular formula is C13H15I2NO4. The van der Waals surface area contributed by atoms with Crippen molar-refractivity contribution in [2.75, 3.05) is 6.54 Å². The third kappa shape index (κ3) is 4.47. The van der Waals surface area contributed by atoms with Crippen LogP contribution in [0.5, 0.6) is 5.75 Å². The van der Waals surface area contributed by atoms with Crippen molar-refractivity contribution in [3.8, 4) is 5.75 Å². The minimum absolute atomic E-state index is 0.0583. The molecule has 2 N–H and O–H groups in total. The molecule has 1 aromatic rings. The number of phenols is 1. The van der Waals surface area contributed by atoms with Gasteiger partial charge >= 0.3 is 5.97 Å². The molecule has 1 aromatic carbocycles. The van der Waals surface area contributed by atoms with E-state index in [0.29, 0.717) is 3.57 Å². The molecule has 5 nitrogen and oxygen atoms in total. The first-order valence-corrected chi connectivity index (χ1v) is 8.10. The highest BCUT2D eigenvalue weighted by molar-refractivity contribution is 14.1. The Kier molecular flexibility index (Phi) is 6.49. The largest absolute Gasteiger partial charge is 0.506 e. The number of carbonyl (C=O) groups is 2. The zero-order chi connectivity index (χ0) is 15.4. The number of amides is 1. The normalized spacial score (nSPS) is 10.7. The van der Waals surface area contributed by atoms with Crippen LogP contribution in [0.15, 0.2) is 12.1 Å². The number of aliphatic carboxylic acids is 1. The summed E-state index contributed by atoms with van der Waals surface area (Å²) in [5, 5.41) is 18.8. The molecule has 0 atom stereocenters. The third-order valence-corrected chi connectivity index (χ3v) is 4.15. The summed E-state index contributed by atoms with van der Waals surface area (Å²) in [6.45, 7) is 3.75. The molecule has 0 radical (unpaired) electrons. The second-order valence-electron chi connectivity index (χ2n) is 4.52. The molecule has 0 aliphatic rings. The van der Waals surface area contributed by atoms with Crippen molar-refractivity contribution in [3.63, 3.8) is 0 Å². The van der Waals surface area contributed by atoms with E-state index in [9.17, 15) is 14.7 Å². The lowest BCUT2D eigenvalue weighted by molar-refractivity contribution is -0.137. The quantitative estimate of drug-likeness (QED) is 0.607. The fraction of sp³-hybridized carbons (Fsp3) is 0.385. The van der Waals surface area contributed by atoms with Crippen LogP contribution in [0.3, 0.4) is 0 Å². The fourth-order valence-electron chi connectivity index (χ4n) is 1.69. The van der Waals surface area contributed by atoms with Crippen molar-refractivity contribution in [1.29, 1.82) is 0 Å². The van der Waals surface area contributed by atoms with Crippen molar-refractivity contribution in [2.24, 2.45) is 0 Å². The van der Waals surface area contributed by atoms with Crippen molar-refractivity contribution in [2.45, 2.75) is 26.3 Å². The Labute approximate surface area is 144 Å². The summed E-state index contributed by atoms with van der Waals surface area (Å²) in [6, 6.07) is 3.23. The van der Waals surface area contributed by atoms with E-state index in [1.54, 1.807) is 12.1 Å². The lowest BCUT2D eigenvalue weighted by Crippen LogP contribution is -2.38. The van der Waals surface area contributed by atoms with Crippen molar-refractivity contribution < 1.29 is 19.8 Å². The SMILES string of the molecule is CC(C)N(CCC(=O)O)C(=O)c1cc(I)cc(I)c1O. The van der Waals surface area contributed by atoms with Gasteiger partial charge in [0.05, 0.1) is 15.6 Å². The zero-order valence-corrected chi connectivity index (χ0v) is 15.4. The summed E-state index contributed by atoms with van der Waals surface area (Å²) in [6.07, 6.45) is -0.119. The van der Waals surface area contributed by atoms with Crippen LogP contribution in [0.4, 0.5) is 0 Å². The average molecular weight is 503 g/mol. The van der Waals surface area contributed by atoms with Crippen LogP contribution >= 0.6 is 45.2 Å². The number of rotatable bonds is 5. The van der Waals surface area contributed by atoms with Gasteiger partial charge in [0.1, 0.15) is 5.75 Å². The Balaban J connectivity index is 3.09. The van der Waals surface area contributed by atoms with Crippen molar-refractivity contribution in [1.82, 2.24) is 4.90 Å². The zero-order valence-electron chi connectivity index (χ0n) is 11.1. The molecule has 7 heteroatoms. The van der Waals surface area contributed by atoms with Crippen molar-refractivity contribution >= 4 is 57.1 Å². The molecule has 0 saturated heterocycles. The molecular weight excluding hydrogens is 488 g/mol. The van der Waals surface area contributed by atoms with Crippen LogP contribution in [-0.4, -0.2) is 39.6 Å². The van der Waals surface area contributed by atoms with Crippen LogP contribution in [0, 0.1) is 7.14 Å². The van der Waals surface area contributed by atoms with E-state index in [1.165, 1.54) is 4.90 Å². The molecule has 0 heterocycles. The highest BCUT2D eigenvalue weighted by atomic mass is 127. The Morgan fingerprint density at radius 2 is 1.90 bits per heavy atom. The van der Waals surface area contributed by atoms with E-state index in [0.717, 1.165) is 3.57 Å². The predicted octanol–water partition coefficient (Wildman–Crippen LogP) is 2.93. The maximum atomic E-state index is 12.5. The molecule has 0 aliphatic carbocycles. The highest BCUT2D eigenvalue weighted by Crippen LogP contribution is 2.28. The topological polar surface area (TPSA) is 77.8 Å². The Bertz CT molecular complexity index is 531. The smallest absolute Gasteiger partial charge is 0.305 e. The number of aromatic hydroxyl groups is 1. The molecule has 1 rings (SSSR count). The van der Waals surface area contributed by atoms with Gasteiger partial charge in [-0.25, -0.2) is 0 Å². The van der Waals surface area contributed by atoms with E-state index in [1.807, 2.05) is 36.4 Å². The summed E-state index contributed by atoms with van der Waals surface area (Å²) in [7, 11) is 0. The number of hydrogen-bond acceptors (Lipinski definition) is 3. The molecule has 0 fully saturated rings. The standard InChI is InChI=1S/C13H15I2NO4/c1-7(2)16(4-3-11(17)18)13(20)9-5-8(14)6-10(15)12(9)19/h5-7,19H,3-4H2,1-2H3,(H,17,18). The monoisotopic (exact) mass is 503 g/mol. The third-order valence-electron chi connectivity index (χ3n) is 2.71. The second-order valence-corrected chi connectivity index (χ2v) is 6.93. The van der Waals surface area contributed by atoms with E-state index in [4.69, 9.17) is 5.11 Å². The Hall–Kier alpha value is -0.580. The van der Waals surface area contributed by atoms with E-state index in [-0.39, 0.29) is 36.2 Å². The van der Waals surface area contributed by atoms with E-state index >= 15 is 0 Å². The summed E-state index contributed by atoms with van der Waals surface area (Å²) in [5.41, 5.74) is 0.209. The van der Waals surface area contributed by atoms with Gasteiger partial charge in [-0.3, -0.25) is 9.59 Å². The molecule has 0 spiro atoms. The molecule has 0 aromatic heterocycles. The van der Waals surface area contributed by atoms with Crippen LogP contribution in [0.25, 0.3) is 0 Å². The maximum Gasteiger partial charge on any atom is 0.305 e. The molecule has 0 bridgehead atoms. The number of carbonyl (C=O) groups excluding carboxylic acids is 1. The summed E-state index contributed by atoms with van der Waals surface area (Å²) < 4.78 is 1.44. The van der Waals surface area contributed by atoms with E-state index < -0.39 is 5.97 Å². The first-order chi connectivity index (χ1) is 9.23. The number of hydrogen-bond donors (Lipinski definition) is 2. The summed E-state index contributed by atoms with van der Waals surface area (Å²) in [5.74, 6) is -1.36. The van der Waals surface area contributed by atoms with Gasteiger partial charge in [-0.2, -0.15) is 0 Å². The van der Waals surface area contributed by atoms with Gasteiger partial charge < -0.3 is 15.1 Å². The lowest BCUT2D eigenvalue weighted by Gasteiger charge is -2.26. The molecule has 0 saturated carbocycles. The van der Waals surface area contributed by atoms with Crippen LogP contribution in [-0.2, 0) is 4.79 Å². The van der Waals surface area contributed by atoms with Crippen molar-refractivity contribution in [3.05, 3.63) is 24.8 Å². The minimum Gasteiger partial charge on any atom is -0.506 e. The van der Waals surface area contributed by atoms with Gasteiger partial charge in [0.15, 0.2) is 0 Å². The fourth-order valence-corrected chi connectivity index (χ4v) is 3.54. The average Bonchev–Trinajstić information content (AvgIpc) is 2.32. The summed E-state index contributed by atoms with van der Waals surface area (Å²) >= 11 is 4.04. The Morgan fingerprint density at radius 3 is 2.40 bits per heavy atom. The highest BCUT2D eigenvalue weighted by Gasteiger charge is 2.23. The number of benzene rings is 1. The summed E-state index contributed by atoms with van der Waals surface area (Å²) in [4.78, 5) is 24.6. The predicted molar refractivity (Wildman–Crippen MR) is 92.0 cm³/mol. The second kappa shape index (κ2) is 7.43. The van der Waals surface area contributed by atoms with Gasteiger partial charge in [0.2, 0.25) is 0 Å². The first-order valence-electron chi connectivity index (χ1n) is 5.94. The molecule has 0 aliphatic heterocycles. The van der Waals surface area contributed by atoms with Crippen LogP contribution in [0.2, 0.25) is 0 Å². The van der Waals surface area contributed by atoms with Gasteiger partial charge in [-0.05, 0) is 71.2 Å². The molecule has 20 heavy (non-hydrogen) atoms. The lowest BCUT2D eigenvalue weighted by atomic mass is 10.1. The number of halogens is 2. The number of phenolic OH excluding ortho intramolecular Hbond substituents is 1. The van der Waals surface area contributed by atoms with Gasteiger partial charge in [0, 0.05) is 16.2 Å². The molecule has 0 unspecified atom stereocenters. The number of nitrogens with zero attached hydrogens (tertiary/aromatic N) is 1. The number of carboxylic acid groups (broad SMARTS) is 1.